The molecule has 1 N–H and O–H groups in total. The molecule has 0 aliphatic heterocycles. The van der Waals surface area contributed by atoms with Crippen molar-refractivity contribution in [3.63, 3.8) is 0 Å². The molecule has 16 nitrogen and oxygen atoms in total. The molecule has 48 heavy (non-hydrogen) atoms. The Hall–Kier alpha value is -1.09. The van der Waals surface area contributed by atoms with Gasteiger partial charge in [-0.1, -0.05) is 0 Å². The lowest BCUT2D eigenvalue weighted by Crippen LogP contribution is -2.17. The van der Waals surface area contributed by atoms with Crippen LogP contribution in [-0.4, -0.2) is 198 Å². The van der Waals surface area contributed by atoms with Gasteiger partial charge >= 0.3 is 5.97 Å². The van der Waals surface area contributed by atoms with Crippen LogP contribution >= 0.6 is 0 Å². The molecule has 0 unspecified atom stereocenters. The summed E-state index contributed by atoms with van der Waals surface area (Å²) in [5, 5.41) is 3.02. The van der Waals surface area contributed by atoms with Crippen molar-refractivity contribution in [2.75, 3.05) is 192 Å². The van der Waals surface area contributed by atoms with Gasteiger partial charge in [-0.05, 0) is 14.0 Å². The normalized spacial score (nSPS) is 11.5. The number of carbonyl (C=O) groups excluding carboxylic acids is 1. The van der Waals surface area contributed by atoms with Gasteiger partial charge in [0, 0.05) is 6.54 Å². The molecule has 0 aromatic rings. The third-order valence-corrected chi connectivity index (χ3v) is 5.72. The lowest BCUT2D eigenvalue weighted by atomic mass is 10.5. The summed E-state index contributed by atoms with van der Waals surface area (Å²) in [5.41, 5.74) is 0. The third kappa shape index (κ3) is 42.9. The molecule has 0 fully saturated rings. The SMILES string of the molecule is CCOC(=O)CCOCCOCCOCCOCCOCCOCCOCCOCCOCCOCCOCCOCCOCCNC. The van der Waals surface area contributed by atoms with Crippen molar-refractivity contribution in [3.05, 3.63) is 0 Å². The summed E-state index contributed by atoms with van der Waals surface area (Å²) in [4.78, 5) is 11.2. The molecular formula is C32H65NO15. The van der Waals surface area contributed by atoms with Crippen LogP contribution in [0.2, 0.25) is 0 Å². The molecular weight excluding hydrogens is 638 g/mol. The second kappa shape index (κ2) is 43.9. The van der Waals surface area contributed by atoms with E-state index in [9.17, 15) is 4.79 Å². The van der Waals surface area contributed by atoms with Gasteiger partial charge in [-0.3, -0.25) is 4.79 Å². The summed E-state index contributed by atoms with van der Waals surface area (Å²) in [5.74, 6) is -0.252. The first-order valence-corrected chi connectivity index (χ1v) is 17.1. The fourth-order valence-corrected chi connectivity index (χ4v) is 3.30. The number of ether oxygens (including phenoxy) is 14. The smallest absolute Gasteiger partial charge is 0.308 e. The van der Waals surface area contributed by atoms with Gasteiger partial charge < -0.3 is 71.6 Å². The van der Waals surface area contributed by atoms with Crippen LogP contribution in [0.5, 0.6) is 0 Å². The molecule has 16 heteroatoms. The zero-order valence-corrected chi connectivity index (χ0v) is 29.6. The van der Waals surface area contributed by atoms with Crippen molar-refractivity contribution >= 4 is 5.97 Å². The predicted molar refractivity (Wildman–Crippen MR) is 176 cm³/mol. The van der Waals surface area contributed by atoms with E-state index in [1.54, 1.807) is 6.92 Å². The predicted octanol–water partition coefficient (Wildman–Crippen LogP) is 0.375. The van der Waals surface area contributed by atoms with E-state index in [1.165, 1.54) is 0 Å². The number of hydrogen-bond donors (Lipinski definition) is 1. The molecule has 0 saturated heterocycles. The zero-order valence-electron chi connectivity index (χ0n) is 29.6. The molecule has 0 bridgehead atoms. The standard InChI is InChI=1S/C32H65NO15/c1-3-48-32(34)4-6-35-8-10-37-12-14-39-16-18-41-20-22-43-24-26-45-28-30-47-31-29-46-27-25-44-23-21-42-19-17-40-15-13-38-11-9-36-7-5-33-2/h33H,3-31H2,1-2H3. The van der Waals surface area contributed by atoms with E-state index in [0.29, 0.717) is 178 Å². The molecule has 0 aromatic heterocycles. The highest BCUT2D eigenvalue weighted by molar-refractivity contribution is 5.69. The van der Waals surface area contributed by atoms with Crippen LogP contribution in [0, 0.1) is 0 Å². The van der Waals surface area contributed by atoms with E-state index in [1.807, 2.05) is 7.05 Å². The van der Waals surface area contributed by atoms with Crippen molar-refractivity contribution in [1.82, 2.24) is 5.32 Å². The Kier molecular flexibility index (Phi) is 42.9. The van der Waals surface area contributed by atoms with Gasteiger partial charge in [0.25, 0.3) is 0 Å². The topological polar surface area (TPSA) is 158 Å². The van der Waals surface area contributed by atoms with Gasteiger partial charge in [0.15, 0.2) is 0 Å². The molecule has 0 rings (SSSR count). The zero-order chi connectivity index (χ0) is 34.7. The maximum Gasteiger partial charge on any atom is 0.308 e. The first-order valence-electron chi connectivity index (χ1n) is 17.1. The minimum atomic E-state index is -0.252. The van der Waals surface area contributed by atoms with Crippen LogP contribution in [0.1, 0.15) is 13.3 Å². The maximum atomic E-state index is 11.2. The van der Waals surface area contributed by atoms with Crippen molar-refractivity contribution in [3.8, 4) is 0 Å². The number of carbonyl (C=O) groups is 1. The Morgan fingerprint density at radius 3 is 0.771 bits per heavy atom. The Labute approximate surface area is 287 Å². The fraction of sp³-hybridized carbons (Fsp3) is 0.969. The fourth-order valence-electron chi connectivity index (χ4n) is 3.30. The Morgan fingerprint density at radius 2 is 0.562 bits per heavy atom. The largest absolute Gasteiger partial charge is 0.466 e. The minimum absolute atomic E-state index is 0.252. The number of rotatable bonds is 43. The second-order valence-corrected chi connectivity index (χ2v) is 9.62. The Balaban J connectivity index is 3.06. The number of nitrogens with one attached hydrogen (secondary N) is 1. The van der Waals surface area contributed by atoms with Gasteiger partial charge in [-0.25, -0.2) is 0 Å². The summed E-state index contributed by atoms with van der Waals surface area (Å²) in [6.45, 7) is 16.1. The highest BCUT2D eigenvalue weighted by Gasteiger charge is 2.01. The van der Waals surface area contributed by atoms with E-state index in [0.717, 1.165) is 6.54 Å². The van der Waals surface area contributed by atoms with Gasteiger partial charge in [0.2, 0.25) is 0 Å². The lowest BCUT2D eigenvalue weighted by Gasteiger charge is -2.09. The third-order valence-electron chi connectivity index (χ3n) is 5.72. The summed E-state index contributed by atoms with van der Waals surface area (Å²) in [6.07, 6.45) is 0.255. The van der Waals surface area contributed by atoms with E-state index in [-0.39, 0.29) is 12.4 Å². The van der Waals surface area contributed by atoms with Crippen LogP contribution < -0.4 is 5.32 Å². The average Bonchev–Trinajstić information content (AvgIpc) is 3.09. The van der Waals surface area contributed by atoms with E-state index in [2.05, 4.69) is 5.32 Å². The van der Waals surface area contributed by atoms with Crippen molar-refractivity contribution in [1.29, 1.82) is 0 Å². The lowest BCUT2D eigenvalue weighted by molar-refractivity contribution is -0.144. The first kappa shape index (κ1) is 46.9. The number of likely N-dealkylation sites (N-methyl/N-ethyl adjacent to an activating group) is 1. The molecule has 0 heterocycles. The first-order chi connectivity index (χ1) is 23.8. The summed E-state index contributed by atoms with van der Waals surface area (Å²) >= 11 is 0. The van der Waals surface area contributed by atoms with Crippen LogP contribution in [0.3, 0.4) is 0 Å². The minimum Gasteiger partial charge on any atom is -0.466 e. The van der Waals surface area contributed by atoms with Gasteiger partial charge in [-0.15, -0.1) is 0 Å². The number of hydrogen-bond acceptors (Lipinski definition) is 16. The summed E-state index contributed by atoms with van der Waals surface area (Å²) < 4.78 is 75.5. The molecule has 288 valence electrons. The summed E-state index contributed by atoms with van der Waals surface area (Å²) in [6, 6.07) is 0. The van der Waals surface area contributed by atoms with E-state index >= 15 is 0 Å². The molecule has 0 saturated carbocycles. The molecule has 0 spiro atoms. The van der Waals surface area contributed by atoms with Crippen LogP contribution in [0.25, 0.3) is 0 Å². The Bertz CT molecular complexity index is 610. The summed E-state index contributed by atoms with van der Waals surface area (Å²) in [7, 11) is 1.89. The van der Waals surface area contributed by atoms with Crippen LogP contribution in [-0.2, 0) is 71.1 Å². The molecule has 0 aliphatic rings. The number of esters is 1. The average molecular weight is 704 g/mol. The molecule has 0 radical (unpaired) electrons. The highest BCUT2D eigenvalue weighted by Crippen LogP contribution is 1.90. The molecule has 0 atom stereocenters. The van der Waals surface area contributed by atoms with Crippen molar-refractivity contribution in [2.24, 2.45) is 0 Å². The van der Waals surface area contributed by atoms with E-state index in [4.69, 9.17) is 66.3 Å². The second-order valence-electron chi connectivity index (χ2n) is 9.62. The molecule has 0 aliphatic carbocycles. The van der Waals surface area contributed by atoms with Gasteiger partial charge in [0.1, 0.15) is 0 Å². The van der Waals surface area contributed by atoms with Crippen molar-refractivity contribution in [2.45, 2.75) is 13.3 Å². The monoisotopic (exact) mass is 703 g/mol. The van der Waals surface area contributed by atoms with Gasteiger partial charge in [-0.2, -0.15) is 0 Å². The molecule has 0 aromatic carbocycles. The van der Waals surface area contributed by atoms with E-state index < -0.39 is 0 Å². The van der Waals surface area contributed by atoms with Crippen LogP contribution in [0.15, 0.2) is 0 Å². The Morgan fingerprint density at radius 1 is 0.354 bits per heavy atom. The van der Waals surface area contributed by atoms with Gasteiger partial charge in [0.05, 0.1) is 185 Å². The van der Waals surface area contributed by atoms with Crippen molar-refractivity contribution < 1.29 is 71.1 Å². The molecule has 0 amide bonds. The van der Waals surface area contributed by atoms with Crippen LogP contribution in [0.4, 0.5) is 0 Å². The maximum absolute atomic E-state index is 11.2. The highest BCUT2D eigenvalue weighted by atomic mass is 16.6. The quantitative estimate of drug-likeness (QED) is 0.0686.